The van der Waals surface area contributed by atoms with Crippen molar-refractivity contribution in [2.24, 2.45) is 11.8 Å². The third-order valence-corrected chi connectivity index (χ3v) is 6.68. The van der Waals surface area contributed by atoms with Crippen LogP contribution in [0, 0.1) is 11.8 Å². The van der Waals surface area contributed by atoms with Crippen LogP contribution in [0.2, 0.25) is 0 Å². The second-order valence-electron chi connectivity index (χ2n) is 9.02. The summed E-state index contributed by atoms with van der Waals surface area (Å²) in [5.74, 6) is -0.960. The fourth-order valence-electron chi connectivity index (χ4n) is 4.58. The van der Waals surface area contributed by atoms with E-state index in [0.717, 1.165) is 6.42 Å². The van der Waals surface area contributed by atoms with Gasteiger partial charge in [0.05, 0.1) is 5.92 Å². The minimum Gasteiger partial charge on any atom is -0.481 e. The lowest BCUT2D eigenvalue weighted by atomic mass is 9.97. The zero-order valence-corrected chi connectivity index (χ0v) is 18.8. The number of amides is 2. The second kappa shape index (κ2) is 10.1. The van der Waals surface area contributed by atoms with Gasteiger partial charge in [-0.1, -0.05) is 55.5 Å². The van der Waals surface area contributed by atoms with Gasteiger partial charge in [-0.05, 0) is 41.0 Å². The van der Waals surface area contributed by atoms with Gasteiger partial charge in [-0.3, -0.25) is 9.59 Å². The molecule has 0 saturated carbocycles. The van der Waals surface area contributed by atoms with Gasteiger partial charge in [-0.15, -0.1) is 0 Å². The molecule has 1 unspecified atom stereocenters. The molecule has 2 N–H and O–H groups in total. The maximum Gasteiger partial charge on any atom is 0.407 e. The van der Waals surface area contributed by atoms with Crippen molar-refractivity contribution in [3.63, 3.8) is 0 Å². The van der Waals surface area contributed by atoms with Crippen LogP contribution in [0.15, 0.2) is 48.5 Å². The Labute approximate surface area is 193 Å². The lowest BCUT2D eigenvalue weighted by molar-refractivity contribution is -0.152. The Hall–Kier alpha value is -3.35. The quantitative estimate of drug-likeness (QED) is 0.605. The lowest BCUT2D eigenvalue weighted by Crippen LogP contribution is -2.53. The van der Waals surface area contributed by atoms with Crippen LogP contribution in [0.1, 0.15) is 43.2 Å². The van der Waals surface area contributed by atoms with Crippen LogP contribution in [0.4, 0.5) is 4.79 Å². The molecule has 7 nitrogen and oxygen atoms in total. The maximum absolute atomic E-state index is 12.3. The number of benzene rings is 2. The summed E-state index contributed by atoms with van der Waals surface area (Å²) in [5, 5.41) is 11.7. The third kappa shape index (κ3) is 5.18. The molecule has 2 aromatic carbocycles. The van der Waals surface area contributed by atoms with E-state index in [2.05, 4.69) is 29.6 Å². The van der Waals surface area contributed by atoms with Crippen LogP contribution in [0.5, 0.6) is 0 Å². The SMILES string of the molecule is CC(CCNC(=O)OCC1c2ccccc2-c2ccccc21)CCC(=O)N1CC(C(=O)O)C1. The predicted octanol–water partition coefficient (Wildman–Crippen LogP) is 3.87. The molecule has 7 heteroatoms. The molecule has 4 rings (SSSR count). The number of likely N-dealkylation sites (tertiary alicyclic amines) is 1. The van der Waals surface area contributed by atoms with Crippen LogP contribution >= 0.6 is 0 Å². The molecule has 2 amide bonds. The standard InChI is InChI=1S/C26H30N2O5/c1-17(10-11-24(29)28-14-18(15-28)25(30)31)12-13-27-26(32)33-16-23-21-8-4-2-6-19(21)20-7-3-5-9-22(20)23/h2-9,17-18,23H,10-16H2,1H3,(H,27,32)(H,30,31). The molecular weight excluding hydrogens is 420 g/mol. The number of nitrogens with one attached hydrogen (secondary N) is 1. The normalized spacial score (nSPS) is 15.8. The minimum atomic E-state index is -0.841. The summed E-state index contributed by atoms with van der Waals surface area (Å²) >= 11 is 0. The molecule has 1 saturated heterocycles. The van der Waals surface area contributed by atoms with Crippen LogP contribution in [-0.4, -0.2) is 54.2 Å². The number of hydrogen-bond donors (Lipinski definition) is 2. The van der Waals surface area contributed by atoms with Gasteiger partial charge in [-0.25, -0.2) is 4.79 Å². The monoisotopic (exact) mass is 450 g/mol. The Kier molecular flexibility index (Phi) is 6.96. The van der Waals surface area contributed by atoms with Crippen LogP contribution in [-0.2, 0) is 14.3 Å². The van der Waals surface area contributed by atoms with Crippen molar-refractivity contribution in [2.45, 2.75) is 32.1 Å². The van der Waals surface area contributed by atoms with Crippen molar-refractivity contribution in [1.29, 1.82) is 0 Å². The maximum atomic E-state index is 12.3. The molecule has 1 fully saturated rings. The lowest BCUT2D eigenvalue weighted by Gasteiger charge is -2.36. The largest absolute Gasteiger partial charge is 0.481 e. The molecule has 0 spiro atoms. The Bertz CT molecular complexity index is 985. The molecule has 0 aromatic heterocycles. The number of nitrogens with zero attached hydrogens (tertiary/aromatic N) is 1. The Balaban J connectivity index is 1.16. The van der Waals surface area contributed by atoms with E-state index >= 15 is 0 Å². The van der Waals surface area contributed by atoms with E-state index < -0.39 is 18.0 Å². The fourth-order valence-corrected chi connectivity index (χ4v) is 4.58. The van der Waals surface area contributed by atoms with E-state index in [9.17, 15) is 14.4 Å². The number of alkyl carbamates (subject to hydrolysis) is 1. The number of carboxylic acids is 1. The zero-order chi connectivity index (χ0) is 23.4. The predicted molar refractivity (Wildman–Crippen MR) is 124 cm³/mol. The summed E-state index contributed by atoms with van der Waals surface area (Å²) in [6, 6.07) is 16.5. The summed E-state index contributed by atoms with van der Waals surface area (Å²) in [4.78, 5) is 36.8. The van der Waals surface area contributed by atoms with Crippen LogP contribution in [0.3, 0.4) is 0 Å². The van der Waals surface area contributed by atoms with Crippen molar-refractivity contribution < 1.29 is 24.2 Å². The number of aliphatic carboxylic acids is 1. The number of carbonyl (C=O) groups excluding carboxylic acids is 2. The van der Waals surface area contributed by atoms with E-state index in [-0.39, 0.29) is 24.3 Å². The van der Waals surface area contributed by atoms with Gasteiger partial charge in [0.15, 0.2) is 0 Å². The highest BCUT2D eigenvalue weighted by molar-refractivity contribution is 5.81. The average Bonchev–Trinajstić information content (AvgIpc) is 3.09. The first-order valence-corrected chi connectivity index (χ1v) is 11.5. The van der Waals surface area contributed by atoms with Crippen molar-refractivity contribution in [3.05, 3.63) is 59.7 Å². The third-order valence-electron chi connectivity index (χ3n) is 6.68. The van der Waals surface area contributed by atoms with Gasteiger partial charge in [0, 0.05) is 32.0 Å². The first-order chi connectivity index (χ1) is 15.9. The second-order valence-corrected chi connectivity index (χ2v) is 9.02. The molecular formula is C26H30N2O5. The number of carboxylic acid groups (broad SMARTS) is 1. The van der Waals surface area contributed by atoms with Crippen molar-refractivity contribution in [3.8, 4) is 11.1 Å². The molecule has 2 aromatic rings. The molecule has 1 aliphatic carbocycles. The Morgan fingerprint density at radius 1 is 1.03 bits per heavy atom. The number of carbonyl (C=O) groups is 3. The molecule has 174 valence electrons. The van der Waals surface area contributed by atoms with Gasteiger partial charge in [0.1, 0.15) is 6.61 Å². The smallest absolute Gasteiger partial charge is 0.407 e. The van der Waals surface area contributed by atoms with Crippen molar-refractivity contribution >= 4 is 18.0 Å². The summed E-state index contributed by atoms with van der Waals surface area (Å²) in [7, 11) is 0. The van der Waals surface area contributed by atoms with Gasteiger partial charge in [0.2, 0.25) is 5.91 Å². The number of hydrogen-bond acceptors (Lipinski definition) is 4. The summed E-state index contributed by atoms with van der Waals surface area (Å²) in [6.07, 6.45) is 1.42. The first-order valence-electron chi connectivity index (χ1n) is 11.5. The van der Waals surface area contributed by atoms with E-state index in [0.29, 0.717) is 32.5 Å². The van der Waals surface area contributed by atoms with Crippen molar-refractivity contribution in [2.75, 3.05) is 26.2 Å². The molecule has 0 bridgehead atoms. The van der Waals surface area contributed by atoms with E-state index in [1.165, 1.54) is 22.3 Å². The summed E-state index contributed by atoms with van der Waals surface area (Å²) < 4.78 is 5.54. The van der Waals surface area contributed by atoms with Gasteiger partial charge >= 0.3 is 12.1 Å². The van der Waals surface area contributed by atoms with Gasteiger partial charge in [0.25, 0.3) is 0 Å². The Morgan fingerprint density at radius 3 is 2.24 bits per heavy atom. The van der Waals surface area contributed by atoms with E-state index in [4.69, 9.17) is 9.84 Å². The molecule has 2 aliphatic rings. The first kappa shape index (κ1) is 22.8. The average molecular weight is 451 g/mol. The molecule has 1 atom stereocenters. The number of rotatable bonds is 9. The van der Waals surface area contributed by atoms with E-state index in [1.807, 2.05) is 31.2 Å². The molecule has 1 aliphatic heterocycles. The highest BCUT2D eigenvalue weighted by Gasteiger charge is 2.35. The van der Waals surface area contributed by atoms with Crippen LogP contribution < -0.4 is 5.32 Å². The summed E-state index contributed by atoms with van der Waals surface area (Å²) in [5.41, 5.74) is 4.76. The van der Waals surface area contributed by atoms with Crippen molar-refractivity contribution in [1.82, 2.24) is 10.2 Å². The molecule has 1 heterocycles. The molecule has 0 radical (unpaired) electrons. The fraction of sp³-hybridized carbons (Fsp3) is 0.423. The topological polar surface area (TPSA) is 95.9 Å². The minimum absolute atomic E-state index is 0.00356. The summed E-state index contributed by atoms with van der Waals surface area (Å²) in [6.45, 7) is 3.44. The number of fused-ring (bicyclic) bond motifs is 3. The van der Waals surface area contributed by atoms with Crippen LogP contribution in [0.25, 0.3) is 11.1 Å². The van der Waals surface area contributed by atoms with E-state index in [1.54, 1.807) is 4.90 Å². The Morgan fingerprint density at radius 2 is 1.64 bits per heavy atom. The zero-order valence-electron chi connectivity index (χ0n) is 18.8. The van der Waals surface area contributed by atoms with Gasteiger partial charge in [-0.2, -0.15) is 0 Å². The molecule has 33 heavy (non-hydrogen) atoms. The highest BCUT2D eigenvalue weighted by Crippen LogP contribution is 2.44. The highest BCUT2D eigenvalue weighted by atomic mass is 16.5. The van der Waals surface area contributed by atoms with Gasteiger partial charge < -0.3 is 20.1 Å². The number of ether oxygens (including phenoxy) is 1.